The maximum absolute atomic E-state index is 14.0. The fourth-order valence-electron chi connectivity index (χ4n) is 4.04. The van der Waals surface area contributed by atoms with Gasteiger partial charge in [-0.2, -0.15) is 10.1 Å². The van der Waals surface area contributed by atoms with Gasteiger partial charge in [0.1, 0.15) is 18.1 Å². The lowest BCUT2D eigenvalue weighted by molar-refractivity contribution is -0.114. The third-order valence-electron chi connectivity index (χ3n) is 5.85. The molecule has 1 heterocycles. The van der Waals surface area contributed by atoms with Gasteiger partial charge in [-0.25, -0.2) is 4.39 Å². The summed E-state index contributed by atoms with van der Waals surface area (Å²) in [7, 11) is 0. The number of para-hydroxylation sites is 1. The van der Waals surface area contributed by atoms with E-state index >= 15 is 0 Å². The van der Waals surface area contributed by atoms with E-state index in [0.717, 1.165) is 11.1 Å². The molecule has 5 rings (SSSR count). The highest BCUT2D eigenvalue weighted by Gasteiger charge is 2.32. The Kier molecular flexibility index (Phi) is 7.08. The van der Waals surface area contributed by atoms with Crippen molar-refractivity contribution in [1.29, 1.82) is 0 Å². The van der Waals surface area contributed by atoms with Gasteiger partial charge in [0.2, 0.25) is 0 Å². The Morgan fingerprint density at radius 2 is 1.54 bits per heavy atom. The third kappa shape index (κ3) is 5.28. The predicted octanol–water partition coefficient (Wildman–Crippen LogP) is 6.64. The molecule has 1 aliphatic heterocycles. The summed E-state index contributed by atoms with van der Waals surface area (Å²) >= 11 is 0. The van der Waals surface area contributed by atoms with E-state index < -0.39 is 0 Å². The summed E-state index contributed by atoms with van der Waals surface area (Å²) in [5, 5.41) is 6.10. The van der Waals surface area contributed by atoms with Gasteiger partial charge in [0.15, 0.2) is 11.5 Å². The summed E-state index contributed by atoms with van der Waals surface area (Å²) in [6, 6.07) is 30.9. The topological polar surface area (TPSA) is 51.1 Å². The maximum Gasteiger partial charge on any atom is 0.281 e. The molecular weight excluding hydrogens is 467 g/mol. The molecule has 0 radical (unpaired) electrons. The molecule has 1 aliphatic rings. The Hall–Kier alpha value is -4.71. The first-order valence-corrected chi connectivity index (χ1v) is 12.0. The van der Waals surface area contributed by atoms with Gasteiger partial charge >= 0.3 is 0 Å². The van der Waals surface area contributed by atoms with Crippen LogP contribution in [0.1, 0.15) is 23.6 Å². The highest BCUT2D eigenvalue weighted by atomic mass is 19.1. The summed E-state index contributed by atoms with van der Waals surface area (Å²) < 4.78 is 25.7. The molecule has 0 unspecified atom stereocenters. The smallest absolute Gasteiger partial charge is 0.281 e. The molecule has 1 amide bonds. The van der Waals surface area contributed by atoms with Crippen LogP contribution in [-0.2, 0) is 11.4 Å². The minimum atomic E-state index is -0.322. The van der Waals surface area contributed by atoms with Crippen molar-refractivity contribution in [3.05, 3.63) is 131 Å². The zero-order valence-electron chi connectivity index (χ0n) is 20.3. The van der Waals surface area contributed by atoms with Crippen LogP contribution in [0.2, 0.25) is 0 Å². The van der Waals surface area contributed by atoms with Crippen molar-refractivity contribution in [3.8, 4) is 11.5 Å². The first kappa shape index (κ1) is 24.0. The number of hydrazone groups is 1. The lowest BCUT2D eigenvalue weighted by atomic mass is 10.00. The van der Waals surface area contributed by atoms with Gasteiger partial charge in [-0.15, -0.1) is 0 Å². The van der Waals surface area contributed by atoms with Crippen molar-refractivity contribution in [2.24, 2.45) is 5.10 Å². The molecule has 4 aromatic rings. The van der Waals surface area contributed by atoms with Crippen LogP contribution < -0.4 is 14.5 Å². The highest BCUT2D eigenvalue weighted by molar-refractivity contribution is 6.37. The Bertz CT molecular complexity index is 1470. The number of hydrogen-bond donors (Lipinski definition) is 0. The number of halogens is 1. The number of rotatable bonds is 8. The summed E-state index contributed by atoms with van der Waals surface area (Å²) in [5.74, 6) is 0.463. The number of ether oxygens (including phenoxy) is 2. The summed E-state index contributed by atoms with van der Waals surface area (Å²) in [6.45, 7) is 2.38. The minimum absolute atomic E-state index is 0.0719. The van der Waals surface area contributed by atoms with Gasteiger partial charge in [-0.1, -0.05) is 72.8 Å². The van der Waals surface area contributed by atoms with E-state index in [1.54, 1.807) is 30.3 Å². The number of carbonyl (C=O) groups excluding carboxylic acids is 1. The Labute approximate surface area is 215 Å². The van der Waals surface area contributed by atoms with Crippen LogP contribution >= 0.6 is 0 Å². The van der Waals surface area contributed by atoms with Crippen molar-refractivity contribution >= 4 is 23.4 Å². The third-order valence-corrected chi connectivity index (χ3v) is 5.85. The highest BCUT2D eigenvalue weighted by Crippen LogP contribution is 2.32. The van der Waals surface area contributed by atoms with Gasteiger partial charge in [0.05, 0.1) is 17.9 Å². The predicted molar refractivity (Wildman–Crippen MR) is 143 cm³/mol. The molecule has 0 aliphatic carbocycles. The number of hydrogen-bond acceptors (Lipinski definition) is 4. The number of benzene rings is 4. The second-order valence-electron chi connectivity index (χ2n) is 8.34. The van der Waals surface area contributed by atoms with Gasteiger partial charge in [-0.3, -0.25) is 4.79 Å². The van der Waals surface area contributed by atoms with Crippen LogP contribution in [0, 0.1) is 5.82 Å². The van der Waals surface area contributed by atoms with Crippen molar-refractivity contribution < 1.29 is 18.7 Å². The van der Waals surface area contributed by atoms with E-state index in [-0.39, 0.29) is 18.3 Å². The van der Waals surface area contributed by atoms with Gasteiger partial charge in [0, 0.05) is 11.1 Å². The first-order chi connectivity index (χ1) is 18.1. The summed E-state index contributed by atoms with van der Waals surface area (Å²) in [6.07, 6.45) is 1.81. The fraction of sp³-hybridized carbons (Fsp3) is 0.0968. The molecule has 184 valence electrons. The minimum Gasteiger partial charge on any atom is -0.490 e. The number of amides is 1. The molecule has 0 spiro atoms. The Morgan fingerprint density at radius 1 is 0.838 bits per heavy atom. The molecule has 0 N–H and O–H groups in total. The van der Waals surface area contributed by atoms with Crippen molar-refractivity contribution in [1.82, 2.24) is 0 Å². The van der Waals surface area contributed by atoms with E-state index in [0.29, 0.717) is 40.6 Å². The zero-order valence-corrected chi connectivity index (χ0v) is 20.3. The monoisotopic (exact) mass is 492 g/mol. The van der Waals surface area contributed by atoms with Crippen molar-refractivity contribution in [3.63, 3.8) is 0 Å². The second kappa shape index (κ2) is 10.9. The van der Waals surface area contributed by atoms with Crippen LogP contribution in [0.25, 0.3) is 6.08 Å². The quantitative estimate of drug-likeness (QED) is 0.259. The van der Waals surface area contributed by atoms with Crippen molar-refractivity contribution in [2.75, 3.05) is 11.6 Å². The molecule has 4 aromatic carbocycles. The number of nitrogens with zero attached hydrogens (tertiary/aromatic N) is 2. The lowest BCUT2D eigenvalue weighted by Crippen LogP contribution is -2.21. The molecule has 0 aromatic heterocycles. The molecule has 37 heavy (non-hydrogen) atoms. The summed E-state index contributed by atoms with van der Waals surface area (Å²) in [4.78, 5) is 13.5. The Balaban J connectivity index is 1.48. The molecular formula is C31H25FN2O3. The van der Waals surface area contributed by atoms with Crippen LogP contribution in [0.3, 0.4) is 0 Å². The van der Waals surface area contributed by atoms with Gasteiger partial charge in [0.25, 0.3) is 5.91 Å². The van der Waals surface area contributed by atoms with Gasteiger partial charge in [-0.05, 0) is 48.9 Å². The van der Waals surface area contributed by atoms with Crippen LogP contribution in [0.15, 0.2) is 114 Å². The fourth-order valence-corrected chi connectivity index (χ4v) is 4.04. The molecule has 0 atom stereocenters. The lowest BCUT2D eigenvalue weighted by Gasteiger charge is -2.13. The van der Waals surface area contributed by atoms with E-state index in [1.165, 1.54) is 11.1 Å². The SMILES string of the molecule is CCOc1cc(/C=C2\C(=O)N(c3ccccc3)N=C2c2ccccc2)ccc1OCc1ccccc1F. The molecule has 0 fully saturated rings. The van der Waals surface area contributed by atoms with Crippen LogP contribution in [0.5, 0.6) is 11.5 Å². The summed E-state index contributed by atoms with van der Waals surface area (Å²) in [5.41, 5.74) is 3.80. The second-order valence-corrected chi connectivity index (χ2v) is 8.34. The van der Waals surface area contributed by atoms with E-state index in [9.17, 15) is 9.18 Å². The molecule has 0 saturated carbocycles. The Morgan fingerprint density at radius 3 is 2.27 bits per heavy atom. The molecule has 0 bridgehead atoms. The molecule has 5 nitrogen and oxygen atoms in total. The van der Waals surface area contributed by atoms with E-state index in [4.69, 9.17) is 9.47 Å². The van der Waals surface area contributed by atoms with Crippen molar-refractivity contribution in [2.45, 2.75) is 13.5 Å². The number of carbonyl (C=O) groups is 1. The average Bonchev–Trinajstić information content (AvgIpc) is 3.26. The van der Waals surface area contributed by atoms with Crippen LogP contribution in [-0.4, -0.2) is 18.2 Å². The van der Waals surface area contributed by atoms with Crippen LogP contribution in [0.4, 0.5) is 10.1 Å². The standard InChI is InChI=1S/C31H25FN2O3/c1-2-36-29-20-22(17-18-28(29)37-21-24-13-9-10-16-27(24)32)19-26-30(23-11-5-3-6-12-23)33-34(31(26)35)25-14-7-4-8-15-25/h3-20H,2,21H2,1H3/b26-19-. The average molecular weight is 493 g/mol. The molecule has 0 saturated heterocycles. The molecule has 6 heteroatoms. The number of anilines is 1. The van der Waals surface area contributed by atoms with Gasteiger partial charge < -0.3 is 9.47 Å². The van der Waals surface area contributed by atoms with E-state index in [2.05, 4.69) is 5.10 Å². The first-order valence-electron chi connectivity index (χ1n) is 12.0. The largest absolute Gasteiger partial charge is 0.490 e. The normalized spacial score (nSPS) is 14.1. The maximum atomic E-state index is 14.0. The zero-order chi connectivity index (χ0) is 25.6. The van der Waals surface area contributed by atoms with E-state index in [1.807, 2.05) is 79.7 Å².